The molecule has 0 aromatic heterocycles. The lowest BCUT2D eigenvalue weighted by molar-refractivity contribution is -0.121. The summed E-state index contributed by atoms with van der Waals surface area (Å²) >= 11 is 0. The Hall–Kier alpha value is -2.15. The number of carbonyl (C=O) groups excluding carboxylic acids is 1. The fraction of sp³-hybridized carbons (Fsp3) is 0.577. The molecule has 6 heteroatoms. The van der Waals surface area contributed by atoms with Crippen molar-refractivity contribution in [3.05, 3.63) is 54.6 Å². The first-order valence-electron chi connectivity index (χ1n) is 11.8. The third-order valence-corrected chi connectivity index (χ3v) is 6.27. The molecule has 0 heterocycles. The highest BCUT2D eigenvalue weighted by atomic mass is 16.5. The molecule has 4 N–H and O–H groups in total. The van der Waals surface area contributed by atoms with Gasteiger partial charge in [-0.1, -0.05) is 42.5 Å². The van der Waals surface area contributed by atoms with Crippen LogP contribution in [0.2, 0.25) is 0 Å². The molecule has 32 heavy (non-hydrogen) atoms. The number of benzene rings is 1. The van der Waals surface area contributed by atoms with Gasteiger partial charge in [-0.2, -0.15) is 0 Å². The van der Waals surface area contributed by atoms with Crippen LogP contribution in [0.1, 0.15) is 44.9 Å². The van der Waals surface area contributed by atoms with Gasteiger partial charge in [-0.25, -0.2) is 0 Å². The van der Waals surface area contributed by atoms with Crippen LogP contribution in [0.4, 0.5) is 0 Å². The molecule has 3 rings (SSSR count). The first kappa shape index (κ1) is 24.5. The van der Waals surface area contributed by atoms with Crippen LogP contribution in [0.25, 0.3) is 0 Å². The number of hydrogen-bond acceptors (Lipinski definition) is 5. The highest BCUT2D eigenvalue weighted by Crippen LogP contribution is 2.36. The van der Waals surface area contributed by atoms with E-state index in [-0.39, 0.29) is 24.3 Å². The van der Waals surface area contributed by atoms with Crippen LogP contribution in [0.15, 0.2) is 54.6 Å². The zero-order valence-electron chi connectivity index (χ0n) is 18.7. The van der Waals surface area contributed by atoms with E-state index in [9.17, 15) is 20.1 Å². The predicted octanol–water partition coefficient (Wildman–Crippen LogP) is 2.98. The quantitative estimate of drug-likeness (QED) is 0.278. The minimum Gasteiger partial charge on any atom is -0.491 e. The second kappa shape index (κ2) is 12.8. The largest absolute Gasteiger partial charge is 0.491 e. The molecule has 1 aromatic rings. The highest BCUT2D eigenvalue weighted by Gasteiger charge is 2.39. The molecule has 0 bridgehead atoms. The van der Waals surface area contributed by atoms with E-state index in [4.69, 9.17) is 4.74 Å². The van der Waals surface area contributed by atoms with Crippen molar-refractivity contribution in [3.8, 4) is 5.75 Å². The number of allylic oxidation sites excluding steroid dienone is 2. The molecule has 6 nitrogen and oxygen atoms in total. The number of ether oxygens (including phenoxy) is 1. The van der Waals surface area contributed by atoms with Gasteiger partial charge in [0.2, 0.25) is 5.91 Å². The van der Waals surface area contributed by atoms with Gasteiger partial charge in [-0.3, -0.25) is 4.79 Å². The van der Waals surface area contributed by atoms with Gasteiger partial charge >= 0.3 is 0 Å². The fourth-order valence-electron chi connectivity index (χ4n) is 4.14. The summed E-state index contributed by atoms with van der Waals surface area (Å²) in [6.07, 6.45) is 11.2. The van der Waals surface area contributed by atoms with Crippen molar-refractivity contribution in [2.24, 2.45) is 17.8 Å². The van der Waals surface area contributed by atoms with Crippen LogP contribution in [-0.2, 0) is 4.79 Å². The molecule has 176 valence electrons. The van der Waals surface area contributed by atoms with Gasteiger partial charge in [0, 0.05) is 25.3 Å². The number of rotatable bonds is 13. The number of para-hydroxylation sites is 1. The van der Waals surface area contributed by atoms with E-state index < -0.39 is 18.3 Å². The number of aliphatic hydroxyl groups excluding tert-OH is 3. The van der Waals surface area contributed by atoms with Gasteiger partial charge in [0.1, 0.15) is 18.5 Å². The molecule has 2 aliphatic carbocycles. The summed E-state index contributed by atoms with van der Waals surface area (Å²) in [4.78, 5) is 11.8. The Morgan fingerprint density at radius 2 is 1.94 bits per heavy atom. The van der Waals surface area contributed by atoms with E-state index in [1.165, 1.54) is 12.8 Å². The standard InChI is InChI=1S/C26H37NO5/c28-20(18-32-21-8-4-3-5-9-21)14-15-23-22(24(29)16-25(23)30)10-6-1-2-7-11-26(31)27-17-19-12-13-19/h1,3-6,8-9,14-15,19-20,22-25,28-30H,2,7,10-13,16-18H2,(H,27,31). The van der Waals surface area contributed by atoms with Crippen molar-refractivity contribution < 1.29 is 24.9 Å². The number of amides is 1. The molecule has 0 spiro atoms. The van der Waals surface area contributed by atoms with Crippen LogP contribution in [-0.4, -0.2) is 52.7 Å². The fourth-order valence-corrected chi connectivity index (χ4v) is 4.14. The number of nitrogens with one attached hydrogen (secondary N) is 1. The van der Waals surface area contributed by atoms with Crippen molar-refractivity contribution in [2.75, 3.05) is 13.2 Å². The van der Waals surface area contributed by atoms with E-state index in [0.29, 0.717) is 30.9 Å². The SMILES string of the molecule is O=C(CCCC=CCC1C(O)CC(O)C1C=CC(O)COc1ccccc1)NCC1CC1. The van der Waals surface area contributed by atoms with Crippen LogP contribution in [0.5, 0.6) is 5.75 Å². The number of hydrogen-bond donors (Lipinski definition) is 4. The molecule has 0 saturated heterocycles. The molecule has 2 fully saturated rings. The first-order valence-corrected chi connectivity index (χ1v) is 11.8. The first-order chi connectivity index (χ1) is 15.5. The lowest BCUT2D eigenvalue weighted by atomic mass is 9.89. The molecule has 0 radical (unpaired) electrons. The Kier molecular flexibility index (Phi) is 9.78. The molecule has 0 aliphatic heterocycles. The van der Waals surface area contributed by atoms with E-state index in [1.54, 1.807) is 6.08 Å². The Morgan fingerprint density at radius 1 is 1.16 bits per heavy atom. The summed E-state index contributed by atoms with van der Waals surface area (Å²) in [5.74, 6) is 1.21. The number of aliphatic hydroxyl groups is 3. The molecule has 2 saturated carbocycles. The molecule has 1 aromatic carbocycles. The number of carbonyl (C=O) groups is 1. The zero-order valence-corrected chi connectivity index (χ0v) is 18.7. The van der Waals surface area contributed by atoms with Crippen molar-refractivity contribution in [2.45, 2.75) is 63.3 Å². The van der Waals surface area contributed by atoms with Crippen molar-refractivity contribution >= 4 is 5.91 Å². The Bertz CT molecular complexity index is 746. The maximum absolute atomic E-state index is 11.8. The van der Waals surface area contributed by atoms with Crippen molar-refractivity contribution in [1.82, 2.24) is 5.32 Å². The summed E-state index contributed by atoms with van der Waals surface area (Å²) in [5.41, 5.74) is 0. The predicted molar refractivity (Wildman–Crippen MR) is 124 cm³/mol. The average Bonchev–Trinajstić information content (AvgIpc) is 3.58. The van der Waals surface area contributed by atoms with E-state index in [0.717, 1.165) is 19.4 Å². The maximum atomic E-state index is 11.8. The van der Waals surface area contributed by atoms with Crippen LogP contribution in [0.3, 0.4) is 0 Å². The third-order valence-electron chi connectivity index (χ3n) is 6.27. The molecule has 5 unspecified atom stereocenters. The summed E-state index contributed by atoms with van der Waals surface area (Å²) in [6, 6.07) is 9.30. The summed E-state index contributed by atoms with van der Waals surface area (Å²) in [6.45, 7) is 0.948. The van der Waals surface area contributed by atoms with Crippen molar-refractivity contribution in [1.29, 1.82) is 0 Å². The molecular formula is C26H37NO5. The summed E-state index contributed by atoms with van der Waals surface area (Å²) in [5, 5.41) is 33.9. The lowest BCUT2D eigenvalue weighted by Gasteiger charge is -2.19. The van der Waals surface area contributed by atoms with Gasteiger partial charge in [0.15, 0.2) is 0 Å². The molecular weight excluding hydrogens is 406 g/mol. The second-order valence-corrected chi connectivity index (χ2v) is 9.03. The van der Waals surface area contributed by atoms with Crippen molar-refractivity contribution in [3.63, 3.8) is 0 Å². The minimum atomic E-state index is -0.789. The minimum absolute atomic E-state index is 0.0958. The zero-order chi connectivity index (χ0) is 22.8. The summed E-state index contributed by atoms with van der Waals surface area (Å²) in [7, 11) is 0. The van der Waals surface area contributed by atoms with Crippen LogP contribution in [0, 0.1) is 17.8 Å². The Morgan fingerprint density at radius 3 is 2.69 bits per heavy atom. The highest BCUT2D eigenvalue weighted by molar-refractivity contribution is 5.75. The Labute approximate surface area is 191 Å². The van der Waals surface area contributed by atoms with Crippen LogP contribution >= 0.6 is 0 Å². The monoisotopic (exact) mass is 443 g/mol. The molecule has 5 atom stereocenters. The van der Waals surface area contributed by atoms with E-state index >= 15 is 0 Å². The molecule has 2 aliphatic rings. The van der Waals surface area contributed by atoms with Gasteiger partial charge in [-0.15, -0.1) is 0 Å². The maximum Gasteiger partial charge on any atom is 0.220 e. The van der Waals surface area contributed by atoms with Gasteiger partial charge < -0.3 is 25.4 Å². The smallest absolute Gasteiger partial charge is 0.220 e. The normalized spacial score (nSPS) is 26.6. The Balaban J connectivity index is 1.37. The molecule has 1 amide bonds. The third kappa shape index (κ3) is 8.41. The second-order valence-electron chi connectivity index (χ2n) is 9.03. The summed E-state index contributed by atoms with van der Waals surface area (Å²) < 4.78 is 5.55. The van der Waals surface area contributed by atoms with E-state index in [2.05, 4.69) is 11.4 Å². The van der Waals surface area contributed by atoms with E-state index in [1.807, 2.05) is 42.5 Å². The lowest BCUT2D eigenvalue weighted by Crippen LogP contribution is -2.24. The topological polar surface area (TPSA) is 99.0 Å². The number of unbranched alkanes of at least 4 members (excludes halogenated alkanes) is 1. The average molecular weight is 444 g/mol. The van der Waals surface area contributed by atoms with Gasteiger partial charge in [0.25, 0.3) is 0 Å². The van der Waals surface area contributed by atoms with Gasteiger partial charge in [0.05, 0.1) is 12.2 Å². The van der Waals surface area contributed by atoms with Crippen LogP contribution < -0.4 is 10.1 Å². The van der Waals surface area contributed by atoms with Gasteiger partial charge in [-0.05, 0) is 56.1 Å².